The number of hydrogen-bond acceptors (Lipinski definition) is 7. The molecule has 1 aromatic heterocycles. The molecule has 1 amide bonds. The van der Waals surface area contributed by atoms with Crippen LogP contribution in [0.2, 0.25) is 0 Å². The second-order valence-corrected chi connectivity index (χ2v) is 6.35. The van der Waals surface area contributed by atoms with E-state index >= 15 is 0 Å². The van der Waals surface area contributed by atoms with Crippen molar-refractivity contribution in [2.24, 2.45) is 0 Å². The van der Waals surface area contributed by atoms with Crippen LogP contribution in [-0.2, 0) is 11.3 Å². The van der Waals surface area contributed by atoms with Crippen molar-refractivity contribution in [1.29, 1.82) is 0 Å². The minimum Gasteiger partial charge on any atom is -0.497 e. The first-order chi connectivity index (χ1) is 13.2. The van der Waals surface area contributed by atoms with E-state index in [0.717, 1.165) is 31.8 Å². The number of carbonyl (C=O) groups excluding carboxylic acids is 1. The number of benzene rings is 1. The average molecular weight is 369 g/mol. The third-order valence-corrected chi connectivity index (χ3v) is 4.35. The molecule has 142 valence electrons. The van der Waals surface area contributed by atoms with Crippen molar-refractivity contribution in [2.45, 2.75) is 19.0 Å². The number of hydrogen-bond donors (Lipinski definition) is 3. The maximum atomic E-state index is 11.0. The van der Waals surface area contributed by atoms with Gasteiger partial charge < -0.3 is 10.1 Å². The van der Waals surface area contributed by atoms with E-state index in [4.69, 9.17) is 9.94 Å². The third-order valence-electron chi connectivity index (χ3n) is 4.35. The molecule has 3 rings (SSSR count). The number of likely N-dealkylation sites (tertiary alicyclic amines) is 1. The first kappa shape index (κ1) is 18.8. The quantitative estimate of drug-likeness (QED) is 0.388. The number of ether oxygens (including phenoxy) is 1. The smallest absolute Gasteiger partial charge is 0.267 e. The highest BCUT2D eigenvalue weighted by atomic mass is 16.5. The highest BCUT2D eigenvalue weighted by molar-refractivity contribution is 5.90. The summed E-state index contributed by atoms with van der Waals surface area (Å²) in [6.45, 7) is 2.83. The summed E-state index contributed by atoms with van der Waals surface area (Å²) >= 11 is 0. The van der Waals surface area contributed by atoms with Crippen LogP contribution in [0.5, 0.6) is 5.75 Å². The molecule has 1 aromatic carbocycles. The van der Waals surface area contributed by atoms with Gasteiger partial charge in [-0.05, 0) is 30.2 Å². The Labute approximate surface area is 157 Å². The molecular formula is C19H23N5O3. The van der Waals surface area contributed by atoms with Crippen molar-refractivity contribution in [3.05, 3.63) is 54.0 Å². The Balaban J connectivity index is 1.50. The maximum absolute atomic E-state index is 11.0. The van der Waals surface area contributed by atoms with Gasteiger partial charge in [0.25, 0.3) is 5.91 Å². The zero-order valence-electron chi connectivity index (χ0n) is 15.1. The fourth-order valence-corrected chi connectivity index (χ4v) is 3.03. The van der Waals surface area contributed by atoms with E-state index in [2.05, 4.69) is 32.3 Å². The van der Waals surface area contributed by atoms with E-state index in [1.807, 2.05) is 12.1 Å². The zero-order chi connectivity index (χ0) is 19.1. The Morgan fingerprint density at radius 1 is 1.41 bits per heavy atom. The van der Waals surface area contributed by atoms with Gasteiger partial charge in [-0.1, -0.05) is 12.1 Å². The largest absolute Gasteiger partial charge is 0.497 e. The summed E-state index contributed by atoms with van der Waals surface area (Å²) in [4.78, 5) is 21.9. The fourth-order valence-electron chi connectivity index (χ4n) is 3.03. The van der Waals surface area contributed by atoms with Gasteiger partial charge in [-0.15, -0.1) is 0 Å². The van der Waals surface area contributed by atoms with E-state index in [9.17, 15) is 4.79 Å². The molecule has 2 heterocycles. The fraction of sp³-hybridized carbons (Fsp3) is 0.316. The molecule has 27 heavy (non-hydrogen) atoms. The molecule has 0 aliphatic carbocycles. The van der Waals surface area contributed by atoms with Gasteiger partial charge in [-0.25, -0.2) is 10.5 Å². The van der Waals surface area contributed by atoms with E-state index in [1.54, 1.807) is 19.5 Å². The van der Waals surface area contributed by atoms with Crippen molar-refractivity contribution in [3.63, 3.8) is 0 Å². The van der Waals surface area contributed by atoms with Gasteiger partial charge in [0, 0.05) is 31.8 Å². The Hall–Kier alpha value is -2.97. The van der Waals surface area contributed by atoms with Crippen LogP contribution in [0.1, 0.15) is 17.7 Å². The summed E-state index contributed by atoms with van der Waals surface area (Å²) in [5, 5.41) is 11.8. The summed E-state index contributed by atoms with van der Waals surface area (Å²) in [7, 11) is 1.68. The number of nitrogens with one attached hydrogen (secondary N) is 2. The lowest BCUT2D eigenvalue weighted by atomic mass is 10.2. The number of amides is 1. The Bertz CT molecular complexity index is 794. The lowest BCUT2D eigenvalue weighted by Gasteiger charge is -2.17. The summed E-state index contributed by atoms with van der Waals surface area (Å²) in [6, 6.07) is 8.45. The first-order valence-electron chi connectivity index (χ1n) is 8.72. The Morgan fingerprint density at radius 3 is 3.04 bits per heavy atom. The monoisotopic (exact) mass is 369 g/mol. The maximum Gasteiger partial charge on any atom is 0.267 e. The molecular weight excluding hydrogens is 346 g/mol. The van der Waals surface area contributed by atoms with Crippen molar-refractivity contribution in [1.82, 2.24) is 20.3 Å². The van der Waals surface area contributed by atoms with Crippen LogP contribution in [0.25, 0.3) is 6.08 Å². The van der Waals surface area contributed by atoms with Gasteiger partial charge >= 0.3 is 0 Å². The number of hydroxylamine groups is 1. The van der Waals surface area contributed by atoms with Crippen molar-refractivity contribution in [3.8, 4) is 5.75 Å². The van der Waals surface area contributed by atoms with E-state index < -0.39 is 5.91 Å². The summed E-state index contributed by atoms with van der Waals surface area (Å²) in [5.74, 6) is 0.968. The number of carbonyl (C=O) groups is 1. The molecule has 1 fully saturated rings. The van der Waals surface area contributed by atoms with Gasteiger partial charge in [-0.2, -0.15) is 0 Å². The minimum absolute atomic E-state index is 0.312. The Morgan fingerprint density at radius 2 is 2.30 bits per heavy atom. The molecule has 0 saturated carbocycles. The van der Waals surface area contributed by atoms with Crippen LogP contribution >= 0.6 is 0 Å². The van der Waals surface area contributed by atoms with Gasteiger partial charge in [0.2, 0.25) is 0 Å². The molecule has 3 N–H and O–H groups in total. The van der Waals surface area contributed by atoms with Gasteiger partial charge in [-0.3, -0.25) is 19.9 Å². The van der Waals surface area contributed by atoms with Crippen LogP contribution in [-0.4, -0.2) is 52.2 Å². The van der Waals surface area contributed by atoms with Crippen LogP contribution in [0.4, 0.5) is 5.82 Å². The first-order valence-corrected chi connectivity index (χ1v) is 8.72. The summed E-state index contributed by atoms with van der Waals surface area (Å²) in [5.41, 5.74) is 3.30. The predicted molar refractivity (Wildman–Crippen MR) is 101 cm³/mol. The predicted octanol–water partition coefficient (Wildman–Crippen LogP) is 1.69. The van der Waals surface area contributed by atoms with Gasteiger partial charge in [0.15, 0.2) is 0 Å². The van der Waals surface area contributed by atoms with E-state index in [0.29, 0.717) is 17.6 Å². The van der Waals surface area contributed by atoms with E-state index in [1.165, 1.54) is 23.2 Å². The molecule has 1 aliphatic rings. The topological polar surface area (TPSA) is 99.6 Å². The Kier molecular flexibility index (Phi) is 6.35. The van der Waals surface area contributed by atoms with Crippen molar-refractivity contribution >= 4 is 17.8 Å². The van der Waals surface area contributed by atoms with Crippen molar-refractivity contribution < 1.29 is 14.7 Å². The molecule has 1 saturated heterocycles. The lowest BCUT2D eigenvalue weighted by Crippen LogP contribution is -2.26. The number of nitrogens with zero attached hydrogens (tertiary/aromatic N) is 3. The second-order valence-electron chi connectivity index (χ2n) is 6.35. The minimum atomic E-state index is -0.610. The molecule has 8 heteroatoms. The normalized spacial score (nSPS) is 17.2. The summed E-state index contributed by atoms with van der Waals surface area (Å²) in [6.07, 6.45) is 6.91. The third kappa shape index (κ3) is 5.50. The highest BCUT2D eigenvalue weighted by Gasteiger charge is 2.22. The second kappa shape index (κ2) is 9.11. The molecule has 0 spiro atoms. The van der Waals surface area contributed by atoms with Crippen LogP contribution in [0.15, 0.2) is 42.7 Å². The molecule has 1 atom stereocenters. The van der Waals surface area contributed by atoms with Gasteiger partial charge in [0.05, 0.1) is 25.2 Å². The van der Waals surface area contributed by atoms with Crippen LogP contribution in [0, 0.1) is 0 Å². The molecule has 8 nitrogen and oxygen atoms in total. The summed E-state index contributed by atoms with van der Waals surface area (Å²) < 4.78 is 5.28. The molecule has 2 aromatic rings. The van der Waals surface area contributed by atoms with E-state index in [-0.39, 0.29) is 0 Å². The molecule has 0 radical (unpaired) electrons. The molecule has 0 bridgehead atoms. The van der Waals surface area contributed by atoms with Crippen molar-refractivity contribution in [2.75, 3.05) is 25.5 Å². The number of anilines is 1. The molecule has 1 aliphatic heterocycles. The number of rotatable bonds is 7. The van der Waals surface area contributed by atoms with Crippen LogP contribution < -0.4 is 15.5 Å². The van der Waals surface area contributed by atoms with Gasteiger partial charge in [0.1, 0.15) is 11.6 Å². The molecule has 0 unspecified atom stereocenters. The SMILES string of the molecule is COc1cccc(CN2CC[C@@H](Nc3cnc(/C=C/C(=O)NO)cn3)C2)c1. The lowest BCUT2D eigenvalue weighted by molar-refractivity contribution is -0.124. The highest BCUT2D eigenvalue weighted by Crippen LogP contribution is 2.19. The standard InChI is InChI=1S/C19H23N5O3/c1-27-17-4-2-3-14(9-17)12-24-8-7-16(13-24)22-18-11-20-15(10-21-18)5-6-19(25)23-26/h2-6,9-11,16,26H,7-8,12-13H2,1H3,(H,21,22)(H,23,25)/b6-5+/t16-/m1/s1. The zero-order valence-corrected chi connectivity index (χ0v) is 15.1. The van der Waals surface area contributed by atoms with Crippen LogP contribution in [0.3, 0.4) is 0 Å². The number of aromatic nitrogens is 2. The average Bonchev–Trinajstić information content (AvgIpc) is 3.14. The number of methoxy groups -OCH3 is 1.